The minimum Gasteiger partial charge on any atom is -0.480 e. The smallest absolute Gasteiger partial charge is 0.321 e. The topological polar surface area (TPSA) is 127 Å². The molecule has 0 atom stereocenters. The van der Waals surface area contributed by atoms with Crippen LogP contribution in [0.25, 0.3) is 0 Å². The third-order valence-corrected chi connectivity index (χ3v) is 2.43. The van der Waals surface area contributed by atoms with Gasteiger partial charge in [0.2, 0.25) is 0 Å². The molecule has 6 heteroatoms. The Morgan fingerprint density at radius 1 is 0.933 bits per heavy atom. The zero-order valence-corrected chi connectivity index (χ0v) is 8.61. The van der Waals surface area contributed by atoms with Gasteiger partial charge < -0.3 is 21.7 Å². The van der Waals surface area contributed by atoms with Crippen LogP contribution < -0.4 is 11.5 Å². The van der Waals surface area contributed by atoms with Gasteiger partial charge in [-0.1, -0.05) is 0 Å². The first-order valence-corrected chi connectivity index (χ1v) is 4.88. The third kappa shape index (κ3) is 3.49. The molecule has 0 saturated carbocycles. The molecule has 0 amide bonds. The molecule has 0 heterocycles. The van der Waals surface area contributed by atoms with Crippen LogP contribution in [0.3, 0.4) is 0 Å². The van der Waals surface area contributed by atoms with Crippen molar-refractivity contribution in [1.29, 1.82) is 0 Å². The summed E-state index contributed by atoms with van der Waals surface area (Å²) in [6, 6.07) is 0. The number of carboxylic acids is 2. The van der Waals surface area contributed by atoms with Crippen molar-refractivity contribution in [3.63, 3.8) is 0 Å². The van der Waals surface area contributed by atoms with E-state index in [0.29, 0.717) is 12.8 Å². The molecule has 0 saturated heterocycles. The van der Waals surface area contributed by atoms with Crippen molar-refractivity contribution in [3.8, 4) is 0 Å². The van der Waals surface area contributed by atoms with E-state index in [0.717, 1.165) is 0 Å². The molecule has 0 radical (unpaired) electrons. The van der Waals surface area contributed by atoms with Gasteiger partial charge in [-0.3, -0.25) is 9.59 Å². The fraction of sp³-hybridized carbons (Fsp3) is 0.778. The maximum absolute atomic E-state index is 11.0. The van der Waals surface area contributed by atoms with Crippen molar-refractivity contribution in [2.45, 2.75) is 25.7 Å². The number of nitrogens with two attached hydrogens (primary N) is 2. The Hall–Kier alpha value is -1.14. The van der Waals surface area contributed by atoms with Gasteiger partial charge in [0, 0.05) is 0 Å². The van der Waals surface area contributed by atoms with Crippen molar-refractivity contribution >= 4 is 11.9 Å². The van der Waals surface area contributed by atoms with Gasteiger partial charge in [-0.2, -0.15) is 0 Å². The summed E-state index contributed by atoms with van der Waals surface area (Å²) < 4.78 is 0. The van der Waals surface area contributed by atoms with Crippen LogP contribution >= 0.6 is 0 Å². The third-order valence-electron chi connectivity index (χ3n) is 2.43. The molecule has 0 bridgehead atoms. The Kier molecular flexibility index (Phi) is 5.88. The Balaban J connectivity index is 4.73. The maximum Gasteiger partial charge on any atom is 0.321 e. The Morgan fingerprint density at radius 3 is 1.47 bits per heavy atom. The lowest BCUT2D eigenvalue weighted by Crippen LogP contribution is -2.40. The molecule has 0 aliphatic carbocycles. The molecule has 0 unspecified atom stereocenters. The standard InChI is InChI=1S/C9H18N2O4/c10-5-1-3-9(7(12)13,8(14)15)4-2-6-11/h1-6,10-11H2,(H,12,13)(H,14,15). The normalized spacial score (nSPS) is 11.3. The van der Waals surface area contributed by atoms with Crippen LogP contribution in [0.5, 0.6) is 0 Å². The van der Waals surface area contributed by atoms with Crippen molar-refractivity contribution in [2.24, 2.45) is 16.9 Å². The highest BCUT2D eigenvalue weighted by molar-refractivity contribution is 5.98. The Morgan fingerprint density at radius 2 is 1.27 bits per heavy atom. The van der Waals surface area contributed by atoms with Crippen LogP contribution in [-0.4, -0.2) is 35.2 Å². The molecule has 0 aromatic heterocycles. The number of aliphatic carboxylic acids is 2. The molecule has 15 heavy (non-hydrogen) atoms. The molecule has 0 rings (SSSR count). The van der Waals surface area contributed by atoms with Crippen molar-refractivity contribution in [3.05, 3.63) is 0 Å². The van der Waals surface area contributed by atoms with Crippen LogP contribution in [0.15, 0.2) is 0 Å². The molecule has 6 N–H and O–H groups in total. The summed E-state index contributed by atoms with van der Waals surface area (Å²) in [7, 11) is 0. The lowest BCUT2D eigenvalue weighted by molar-refractivity contribution is -0.166. The van der Waals surface area contributed by atoms with Crippen LogP contribution in [0.2, 0.25) is 0 Å². The summed E-state index contributed by atoms with van der Waals surface area (Å²) in [5.41, 5.74) is 8.78. The van der Waals surface area contributed by atoms with Gasteiger partial charge in [0.05, 0.1) is 0 Å². The fourth-order valence-electron chi connectivity index (χ4n) is 1.45. The Labute approximate surface area is 88.3 Å². The largest absolute Gasteiger partial charge is 0.480 e. The number of hydrogen-bond donors (Lipinski definition) is 4. The number of carbonyl (C=O) groups is 2. The molecule has 0 fully saturated rings. The average Bonchev–Trinajstić information content (AvgIpc) is 2.17. The summed E-state index contributed by atoms with van der Waals surface area (Å²) in [6.45, 7) is 0.565. The summed E-state index contributed by atoms with van der Waals surface area (Å²) >= 11 is 0. The molecular weight excluding hydrogens is 200 g/mol. The zero-order chi connectivity index (χ0) is 11.9. The minimum absolute atomic E-state index is 0.0498. The van der Waals surface area contributed by atoms with Crippen LogP contribution in [0.1, 0.15) is 25.7 Å². The first-order chi connectivity index (χ1) is 7.01. The lowest BCUT2D eigenvalue weighted by Gasteiger charge is -2.24. The molecule has 6 nitrogen and oxygen atoms in total. The highest BCUT2D eigenvalue weighted by Gasteiger charge is 2.45. The first kappa shape index (κ1) is 13.9. The molecule has 0 aromatic carbocycles. The van der Waals surface area contributed by atoms with E-state index in [1.54, 1.807) is 0 Å². The second-order valence-electron chi connectivity index (χ2n) is 3.48. The maximum atomic E-state index is 11.0. The van der Waals surface area contributed by atoms with E-state index in [4.69, 9.17) is 21.7 Å². The van der Waals surface area contributed by atoms with Crippen molar-refractivity contribution < 1.29 is 19.8 Å². The predicted molar refractivity (Wildman–Crippen MR) is 54.3 cm³/mol. The molecule has 0 aliphatic rings. The van der Waals surface area contributed by atoms with Gasteiger partial charge in [0.15, 0.2) is 5.41 Å². The summed E-state index contributed by atoms with van der Waals surface area (Å²) in [6.07, 6.45) is 0.856. The van der Waals surface area contributed by atoms with E-state index in [1.807, 2.05) is 0 Å². The van der Waals surface area contributed by atoms with Crippen LogP contribution in [-0.2, 0) is 9.59 Å². The molecular formula is C9H18N2O4. The Bertz CT molecular complexity index is 206. The predicted octanol–water partition coefficient (Wildman–Crippen LogP) is -0.380. The van der Waals surface area contributed by atoms with Gasteiger partial charge in [0.25, 0.3) is 0 Å². The molecule has 0 aliphatic heterocycles. The highest BCUT2D eigenvalue weighted by Crippen LogP contribution is 2.30. The first-order valence-electron chi connectivity index (χ1n) is 4.88. The van der Waals surface area contributed by atoms with Gasteiger partial charge in [-0.15, -0.1) is 0 Å². The molecule has 88 valence electrons. The van der Waals surface area contributed by atoms with Gasteiger partial charge in [0.1, 0.15) is 0 Å². The van der Waals surface area contributed by atoms with Crippen molar-refractivity contribution in [2.75, 3.05) is 13.1 Å². The quantitative estimate of drug-likeness (QED) is 0.411. The number of hydrogen-bond acceptors (Lipinski definition) is 4. The van der Waals surface area contributed by atoms with E-state index in [9.17, 15) is 9.59 Å². The van der Waals surface area contributed by atoms with Crippen LogP contribution in [0, 0.1) is 5.41 Å². The fourth-order valence-corrected chi connectivity index (χ4v) is 1.45. The average molecular weight is 218 g/mol. The summed E-state index contributed by atoms with van der Waals surface area (Å²) in [5, 5.41) is 18.0. The monoisotopic (exact) mass is 218 g/mol. The second-order valence-corrected chi connectivity index (χ2v) is 3.48. The number of rotatable bonds is 8. The van der Waals surface area contributed by atoms with Gasteiger partial charge in [-0.05, 0) is 38.8 Å². The number of carboxylic acid groups (broad SMARTS) is 2. The summed E-state index contributed by atoms with van der Waals surface area (Å²) in [5.74, 6) is -2.62. The zero-order valence-electron chi connectivity index (χ0n) is 8.61. The SMILES string of the molecule is NCCCC(CCCN)(C(=O)O)C(=O)O. The van der Waals surface area contributed by atoms with Gasteiger partial charge >= 0.3 is 11.9 Å². The van der Waals surface area contributed by atoms with E-state index in [1.165, 1.54) is 0 Å². The van der Waals surface area contributed by atoms with E-state index in [-0.39, 0.29) is 25.9 Å². The molecule has 0 aromatic rings. The van der Waals surface area contributed by atoms with E-state index < -0.39 is 17.4 Å². The highest BCUT2D eigenvalue weighted by atomic mass is 16.4. The molecule has 0 spiro atoms. The lowest BCUT2D eigenvalue weighted by atomic mass is 9.79. The van der Waals surface area contributed by atoms with Gasteiger partial charge in [-0.25, -0.2) is 0 Å². The van der Waals surface area contributed by atoms with E-state index >= 15 is 0 Å². The van der Waals surface area contributed by atoms with E-state index in [2.05, 4.69) is 0 Å². The van der Waals surface area contributed by atoms with Crippen molar-refractivity contribution in [1.82, 2.24) is 0 Å². The van der Waals surface area contributed by atoms with Crippen LogP contribution in [0.4, 0.5) is 0 Å². The minimum atomic E-state index is -1.72. The summed E-state index contributed by atoms with van der Waals surface area (Å²) in [4.78, 5) is 22.0. The second kappa shape index (κ2) is 6.36.